The van der Waals surface area contributed by atoms with Gasteiger partial charge in [-0.05, 0) is 29.5 Å². The van der Waals surface area contributed by atoms with Gasteiger partial charge in [-0.2, -0.15) is 8.78 Å². The fourth-order valence-corrected chi connectivity index (χ4v) is 5.53. The molecule has 2 heterocycles. The lowest BCUT2D eigenvalue weighted by Gasteiger charge is -2.42. The van der Waals surface area contributed by atoms with Crippen molar-refractivity contribution in [1.29, 1.82) is 0 Å². The molecule has 2 aliphatic rings. The summed E-state index contributed by atoms with van der Waals surface area (Å²) >= 11 is 5.82. The van der Waals surface area contributed by atoms with Crippen LogP contribution in [0.25, 0.3) is 0 Å². The quantitative estimate of drug-likeness (QED) is 0.323. The molecule has 1 fully saturated rings. The lowest BCUT2D eigenvalue weighted by atomic mass is 9.51. The number of imide groups is 1. The number of benzene rings is 2. The number of carbonyl (C=O) groups excluding carboxylic acids is 4. The number of halogens is 3. The van der Waals surface area contributed by atoms with Crippen molar-refractivity contribution in [2.45, 2.75) is 36.7 Å². The zero-order valence-electron chi connectivity index (χ0n) is 21.2. The van der Waals surface area contributed by atoms with Crippen LogP contribution >= 0.6 is 11.6 Å². The van der Waals surface area contributed by atoms with Gasteiger partial charge in [-0.15, -0.1) is 0 Å². The highest BCUT2D eigenvalue weighted by Crippen LogP contribution is 2.34. The van der Waals surface area contributed by atoms with Crippen LogP contribution in [-0.2, 0) is 32.2 Å². The molecule has 0 aliphatic carbocycles. The standard InChI is InChI=1S/C22H23B5ClF2N3O4/c23-13-7-11-12(8-32(19(11)36)14-5-6-15(34)31-18(14)35)17(24)16(13)22(25,26)33(27)20(37)21(29,30)9-1-3-10(28)4-2-9/h1-4,7,14H,5-6,8,23-27H2,(H,31,34,35). The Bertz CT molecular complexity index is 1340. The van der Waals surface area contributed by atoms with Gasteiger partial charge in [0.05, 0.1) is 0 Å². The van der Waals surface area contributed by atoms with Crippen LogP contribution in [0.4, 0.5) is 8.78 Å². The molecule has 4 amide bonds. The highest BCUT2D eigenvalue weighted by molar-refractivity contribution is 6.50. The van der Waals surface area contributed by atoms with Crippen molar-refractivity contribution in [1.82, 2.24) is 15.0 Å². The second-order valence-electron chi connectivity index (χ2n) is 10.1. The number of fused-ring (bicyclic) bond motifs is 1. The van der Waals surface area contributed by atoms with Gasteiger partial charge in [0.25, 0.3) is 11.8 Å². The lowest BCUT2D eigenvalue weighted by molar-refractivity contribution is -0.155. The highest BCUT2D eigenvalue weighted by Gasteiger charge is 2.47. The summed E-state index contributed by atoms with van der Waals surface area (Å²) in [7, 11) is 8.25. The number of piperidine rings is 1. The molecule has 2 aliphatic heterocycles. The number of amides is 4. The van der Waals surface area contributed by atoms with Gasteiger partial charge in [-0.3, -0.25) is 24.5 Å². The summed E-state index contributed by atoms with van der Waals surface area (Å²) in [5.41, 5.74) is 2.64. The summed E-state index contributed by atoms with van der Waals surface area (Å²) in [5.74, 6) is -6.36. The van der Waals surface area contributed by atoms with E-state index >= 15 is 8.78 Å². The zero-order valence-corrected chi connectivity index (χ0v) is 22.0. The molecule has 0 aromatic heterocycles. The Morgan fingerprint density at radius 2 is 1.76 bits per heavy atom. The van der Waals surface area contributed by atoms with Crippen molar-refractivity contribution in [3.8, 4) is 0 Å². The summed E-state index contributed by atoms with van der Waals surface area (Å²) in [6.07, 6.45) is 0.374. The van der Waals surface area contributed by atoms with Gasteiger partial charge in [0.15, 0.2) is 0 Å². The molecular weight excluding hydrogens is 498 g/mol. The molecule has 1 saturated heterocycles. The molecule has 0 bridgehead atoms. The van der Waals surface area contributed by atoms with E-state index in [-0.39, 0.29) is 36.2 Å². The van der Waals surface area contributed by atoms with Gasteiger partial charge in [0.1, 0.15) is 37.4 Å². The minimum absolute atomic E-state index is 0.140. The Morgan fingerprint density at radius 3 is 2.35 bits per heavy atom. The van der Waals surface area contributed by atoms with Gasteiger partial charge in [-0.25, -0.2) is 0 Å². The van der Waals surface area contributed by atoms with Crippen LogP contribution in [0.5, 0.6) is 0 Å². The van der Waals surface area contributed by atoms with Crippen molar-refractivity contribution in [2.24, 2.45) is 0 Å². The summed E-state index contributed by atoms with van der Waals surface area (Å²) in [6.45, 7) is 0.147. The number of hydrogen-bond acceptors (Lipinski definition) is 4. The Morgan fingerprint density at radius 1 is 1.14 bits per heavy atom. The fraction of sp³-hybridized carbons (Fsp3) is 0.273. The predicted molar refractivity (Wildman–Crippen MR) is 148 cm³/mol. The second kappa shape index (κ2) is 9.38. The molecular formula is C22H23B5ClF2N3O4. The molecule has 186 valence electrons. The molecule has 4 rings (SSSR count). The molecule has 15 heteroatoms. The summed E-state index contributed by atoms with van der Waals surface area (Å²) in [5, 5.41) is 1.40. The largest absolute Gasteiger partial charge is 0.393 e. The van der Waals surface area contributed by atoms with Crippen molar-refractivity contribution < 1.29 is 28.0 Å². The second-order valence-corrected chi connectivity index (χ2v) is 10.6. The van der Waals surface area contributed by atoms with Gasteiger partial charge >= 0.3 is 5.92 Å². The number of alkyl halides is 2. The maximum Gasteiger partial charge on any atom is 0.348 e. The molecule has 0 saturated carbocycles. The third-order valence-electron chi connectivity index (χ3n) is 7.54. The van der Waals surface area contributed by atoms with Crippen LogP contribution in [0, 0.1) is 0 Å². The summed E-state index contributed by atoms with van der Waals surface area (Å²) in [4.78, 5) is 52.8. The number of carbonyl (C=O) groups is 4. The Hall–Kier alpha value is -3.01. The molecule has 2 aromatic rings. The average molecular weight is 521 g/mol. The van der Waals surface area contributed by atoms with Crippen LogP contribution in [0.1, 0.15) is 39.9 Å². The average Bonchev–Trinajstić information content (AvgIpc) is 3.14. The Kier molecular flexibility index (Phi) is 6.86. The monoisotopic (exact) mass is 521 g/mol. The van der Waals surface area contributed by atoms with Crippen LogP contribution in [-0.4, -0.2) is 78.7 Å². The molecule has 1 atom stereocenters. The highest BCUT2D eigenvalue weighted by atomic mass is 35.5. The molecule has 1 unspecified atom stereocenters. The van der Waals surface area contributed by atoms with E-state index in [0.29, 0.717) is 27.6 Å². The summed E-state index contributed by atoms with van der Waals surface area (Å²) < 4.78 is 30.4. The molecule has 7 nitrogen and oxygen atoms in total. The van der Waals surface area contributed by atoms with E-state index in [4.69, 9.17) is 11.6 Å². The first-order valence-electron chi connectivity index (χ1n) is 11.9. The van der Waals surface area contributed by atoms with E-state index in [1.807, 2.05) is 0 Å². The van der Waals surface area contributed by atoms with Gasteiger partial charge < -0.3 is 9.71 Å². The molecule has 0 spiro atoms. The van der Waals surface area contributed by atoms with Crippen LogP contribution in [0.2, 0.25) is 5.02 Å². The Balaban J connectivity index is 1.68. The maximum atomic E-state index is 15.2. The third-order valence-corrected chi connectivity index (χ3v) is 7.80. The molecule has 1 N–H and O–H groups in total. The third kappa shape index (κ3) is 4.49. The van der Waals surface area contributed by atoms with E-state index in [1.54, 1.807) is 37.5 Å². The minimum atomic E-state index is -3.78. The summed E-state index contributed by atoms with van der Waals surface area (Å²) in [6, 6.07) is 5.79. The number of nitrogens with one attached hydrogen (secondary N) is 1. The predicted octanol–water partition coefficient (Wildman–Crippen LogP) is -3.84. The van der Waals surface area contributed by atoms with E-state index in [9.17, 15) is 19.2 Å². The number of hydrogen-bond donors (Lipinski definition) is 1. The minimum Gasteiger partial charge on any atom is -0.393 e. The zero-order chi connectivity index (χ0) is 27.4. The van der Waals surface area contributed by atoms with E-state index in [0.717, 1.165) is 16.9 Å². The molecule has 2 aromatic carbocycles. The normalized spacial score (nSPS) is 18.0. The first-order valence-corrected chi connectivity index (χ1v) is 12.3. The first kappa shape index (κ1) is 27.0. The van der Waals surface area contributed by atoms with Crippen molar-refractivity contribution >= 4 is 85.5 Å². The van der Waals surface area contributed by atoms with Gasteiger partial charge in [0, 0.05) is 29.1 Å². The van der Waals surface area contributed by atoms with E-state index in [1.165, 1.54) is 25.0 Å². The maximum absolute atomic E-state index is 15.2. The van der Waals surface area contributed by atoms with Crippen LogP contribution < -0.4 is 16.2 Å². The van der Waals surface area contributed by atoms with Gasteiger partial charge in [-0.1, -0.05) is 46.3 Å². The van der Waals surface area contributed by atoms with Crippen LogP contribution in [0.3, 0.4) is 0 Å². The van der Waals surface area contributed by atoms with Crippen molar-refractivity contribution in [3.05, 3.63) is 57.6 Å². The van der Waals surface area contributed by atoms with Crippen molar-refractivity contribution in [2.75, 3.05) is 0 Å². The Labute approximate surface area is 222 Å². The SMILES string of the molecule is Bc1cc2c(c(B)c1C(B)(B)N(B)C(=O)C(F)(F)c1ccc(Cl)cc1)CN(C1CCC(=O)NC1=O)C2=O. The van der Waals surface area contributed by atoms with E-state index in [2.05, 4.69) is 5.32 Å². The lowest BCUT2D eigenvalue weighted by Crippen LogP contribution is -2.57. The topological polar surface area (TPSA) is 86.8 Å². The fourth-order valence-electron chi connectivity index (χ4n) is 5.40. The van der Waals surface area contributed by atoms with Crippen molar-refractivity contribution in [3.63, 3.8) is 0 Å². The molecule has 37 heavy (non-hydrogen) atoms. The number of rotatable bonds is 5. The van der Waals surface area contributed by atoms with Crippen LogP contribution in [0.15, 0.2) is 30.3 Å². The smallest absolute Gasteiger partial charge is 0.348 e. The first-order chi connectivity index (χ1) is 17.2. The molecule has 0 radical (unpaired) electrons. The van der Waals surface area contributed by atoms with Gasteiger partial charge in [0.2, 0.25) is 19.8 Å². The van der Waals surface area contributed by atoms with E-state index < -0.39 is 34.7 Å². The number of nitrogens with zero attached hydrogens (tertiary/aromatic N) is 2.